The second-order valence-corrected chi connectivity index (χ2v) is 9.77. The molecule has 1 aromatic carbocycles. The van der Waals surface area contributed by atoms with Crippen molar-refractivity contribution in [1.82, 2.24) is 0 Å². The molecule has 0 radical (unpaired) electrons. The third-order valence-electron chi connectivity index (χ3n) is 6.95. The van der Waals surface area contributed by atoms with Crippen molar-refractivity contribution in [2.45, 2.75) is 82.8 Å². The first-order chi connectivity index (χ1) is 15.3. The molecule has 0 aliphatic carbocycles. The summed E-state index contributed by atoms with van der Waals surface area (Å²) in [6, 6.07) is 6.20. The van der Waals surface area contributed by atoms with Gasteiger partial charge in [0.05, 0.1) is 12.2 Å². The maximum absolute atomic E-state index is 13.0. The molecule has 176 valence electrons. The van der Waals surface area contributed by atoms with E-state index < -0.39 is 46.6 Å². The minimum atomic E-state index is -1.08. The molecule has 0 saturated carbocycles. The van der Waals surface area contributed by atoms with Crippen LogP contribution in [0, 0.1) is 0 Å². The second kappa shape index (κ2) is 6.80. The number of esters is 2. The fourth-order valence-electron chi connectivity index (χ4n) is 4.18. The molecule has 0 N–H and O–H groups in total. The summed E-state index contributed by atoms with van der Waals surface area (Å²) in [5, 5.41) is 0.608. The van der Waals surface area contributed by atoms with Crippen molar-refractivity contribution in [3.63, 3.8) is 0 Å². The predicted molar refractivity (Wildman–Crippen MR) is 114 cm³/mol. The highest BCUT2D eigenvalue weighted by Crippen LogP contribution is 2.48. The van der Waals surface area contributed by atoms with Crippen LogP contribution in [-0.4, -0.2) is 47.1 Å². The van der Waals surface area contributed by atoms with Crippen LogP contribution in [0.4, 0.5) is 0 Å². The monoisotopic (exact) mass is 458 g/mol. The SMILES string of the molecule is CC1OC1(C)C(=O)OC1c2cc3ccc(=O)oc3cc2OC(C)(C)C1OC(=O)C1(C)OC1C. The van der Waals surface area contributed by atoms with E-state index in [1.807, 2.05) is 0 Å². The van der Waals surface area contributed by atoms with E-state index >= 15 is 0 Å². The first-order valence-corrected chi connectivity index (χ1v) is 10.9. The van der Waals surface area contributed by atoms with Crippen molar-refractivity contribution in [3.8, 4) is 5.75 Å². The van der Waals surface area contributed by atoms with E-state index in [0.29, 0.717) is 22.3 Å². The lowest BCUT2D eigenvalue weighted by atomic mass is 9.87. The number of epoxide rings is 2. The van der Waals surface area contributed by atoms with Gasteiger partial charge in [-0.2, -0.15) is 0 Å². The lowest BCUT2D eigenvalue weighted by Crippen LogP contribution is -2.53. The van der Waals surface area contributed by atoms with Crippen LogP contribution in [0.5, 0.6) is 5.75 Å². The Labute approximate surface area is 189 Å². The van der Waals surface area contributed by atoms with Gasteiger partial charge >= 0.3 is 17.6 Å². The highest BCUT2D eigenvalue weighted by molar-refractivity contribution is 5.85. The van der Waals surface area contributed by atoms with Gasteiger partial charge in [-0.15, -0.1) is 0 Å². The molecule has 33 heavy (non-hydrogen) atoms. The van der Waals surface area contributed by atoms with Crippen LogP contribution in [0.2, 0.25) is 0 Å². The number of rotatable bonds is 4. The average molecular weight is 458 g/mol. The van der Waals surface area contributed by atoms with Gasteiger partial charge in [-0.05, 0) is 53.7 Å². The van der Waals surface area contributed by atoms with Gasteiger partial charge in [-0.1, -0.05) is 0 Å². The Morgan fingerprint density at radius 2 is 1.48 bits per heavy atom. The number of carbonyl (C=O) groups is 2. The maximum atomic E-state index is 13.0. The Balaban J connectivity index is 1.58. The van der Waals surface area contributed by atoms with Gasteiger partial charge in [0.15, 0.2) is 23.4 Å². The van der Waals surface area contributed by atoms with Crippen molar-refractivity contribution < 1.29 is 37.7 Å². The normalized spacial score (nSPS) is 35.8. The fraction of sp³-hybridized carbons (Fsp3) is 0.542. The van der Waals surface area contributed by atoms with Crippen LogP contribution in [-0.2, 0) is 28.5 Å². The van der Waals surface area contributed by atoms with Crippen molar-refractivity contribution in [2.75, 3.05) is 0 Å². The summed E-state index contributed by atoms with van der Waals surface area (Å²) in [6.45, 7) is 10.3. The van der Waals surface area contributed by atoms with E-state index in [1.54, 1.807) is 59.7 Å². The van der Waals surface area contributed by atoms with Crippen molar-refractivity contribution >= 4 is 22.9 Å². The Kier molecular flexibility index (Phi) is 4.52. The van der Waals surface area contributed by atoms with Gasteiger partial charge < -0.3 is 28.1 Å². The molecule has 5 rings (SSSR count). The van der Waals surface area contributed by atoms with Gasteiger partial charge in [0.1, 0.15) is 16.9 Å². The van der Waals surface area contributed by atoms with Crippen LogP contribution in [0.25, 0.3) is 11.0 Å². The third kappa shape index (κ3) is 3.41. The molecule has 3 aliphatic rings. The molecule has 6 atom stereocenters. The van der Waals surface area contributed by atoms with Crippen LogP contribution in [0.3, 0.4) is 0 Å². The van der Waals surface area contributed by atoms with E-state index in [1.165, 1.54) is 6.07 Å². The van der Waals surface area contributed by atoms with Crippen LogP contribution in [0.1, 0.15) is 53.2 Å². The zero-order chi connectivity index (χ0) is 23.9. The van der Waals surface area contributed by atoms with Gasteiger partial charge in [0, 0.05) is 23.1 Å². The number of carbonyl (C=O) groups excluding carboxylic acids is 2. The minimum Gasteiger partial charge on any atom is -0.483 e. The fourth-order valence-corrected chi connectivity index (χ4v) is 4.18. The maximum Gasteiger partial charge on any atom is 0.341 e. The van der Waals surface area contributed by atoms with Crippen molar-refractivity contribution in [1.29, 1.82) is 0 Å². The number of benzene rings is 1. The number of hydrogen-bond donors (Lipinski definition) is 0. The van der Waals surface area contributed by atoms with Crippen molar-refractivity contribution in [3.05, 3.63) is 40.2 Å². The molecule has 6 unspecified atom stereocenters. The van der Waals surface area contributed by atoms with Crippen LogP contribution in [0.15, 0.2) is 33.5 Å². The minimum absolute atomic E-state index is 0.280. The Morgan fingerprint density at radius 1 is 0.909 bits per heavy atom. The lowest BCUT2D eigenvalue weighted by Gasteiger charge is -2.43. The molecule has 1 aromatic heterocycles. The van der Waals surface area contributed by atoms with Gasteiger partial charge in [-0.3, -0.25) is 0 Å². The molecule has 3 aliphatic heterocycles. The molecular weight excluding hydrogens is 432 g/mol. The standard InChI is InChI=1S/C24H26O9/c1-11-23(5,31-11)20(26)29-18-14-9-13-7-8-17(25)28-15(13)10-16(14)33-22(3,4)19(18)30-21(27)24(6)12(2)32-24/h7-12,18-19H,1-6H3. The van der Waals surface area contributed by atoms with Gasteiger partial charge in [0.25, 0.3) is 0 Å². The first-order valence-electron chi connectivity index (χ1n) is 10.9. The average Bonchev–Trinajstić information content (AvgIpc) is 3.57. The predicted octanol–water partition coefficient (Wildman–Crippen LogP) is 2.81. The summed E-state index contributed by atoms with van der Waals surface area (Å²) in [6.07, 6.45) is -2.52. The topological polar surface area (TPSA) is 117 Å². The summed E-state index contributed by atoms with van der Waals surface area (Å²) < 4.78 is 34.1. The lowest BCUT2D eigenvalue weighted by molar-refractivity contribution is -0.196. The molecule has 9 heteroatoms. The molecule has 0 spiro atoms. The van der Waals surface area contributed by atoms with E-state index in [0.717, 1.165) is 0 Å². The molecule has 4 heterocycles. The van der Waals surface area contributed by atoms with Crippen LogP contribution < -0.4 is 10.4 Å². The molecule has 2 fully saturated rings. The van der Waals surface area contributed by atoms with Crippen LogP contribution >= 0.6 is 0 Å². The Bertz CT molecular complexity index is 1230. The molecule has 9 nitrogen and oxygen atoms in total. The highest BCUT2D eigenvalue weighted by atomic mass is 16.7. The zero-order valence-corrected chi connectivity index (χ0v) is 19.3. The summed E-state index contributed by atoms with van der Waals surface area (Å²) >= 11 is 0. The summed E-state index contributed by atoms with van der Waals surface area (Å²) in [5.41, 5.74) is -2.88. The van der Waals surface area contributed by atoms with E-state index in [2.05, 4.69) is 0 Å². The first kappa shape index (κ1) is 21.9. The second-order valence-electron chi connectivity index (χ2n) is 9.77. The largest absolute Gasteiger partial charge is 0.483 e. The summed E-state index contributed by atoms with van der Waals surface area (Å²) in [5.74, 6) is -0.758. The third-order valence-corrected chi connectivity index (χ3v) is 6.95. The summed E-state index contributed by atoms with van der Waals surface area (Å²) in [4.78, 5) is 37.6. The number of hydrogen-bond acceptors (Lipinski definition) is 9. The Morgan fingerprint density at radius 3 is 2.06 bits per heavy atom. The highest BCUT2D eigenvalue weighted by Gasteiger charge is 2.61. The van der Waals surface area contributed by atoms with E-state index in [4.69, 9.17) is 28.1 Å². The molecule has 2 aromatic rings. The molecular formula is C24H26O9. The van der Waals surface area contributed by atoms with Crippen molar-refractivity contribution in [2.24, 2.45) is 0 Å². The summed E-state index contributed by atoms with van der Waals surface area (Å²) in [7, 11) is 0. The smallest absolute Gasteiger partial charge is 0.341 e. The van der Waals surface area contributed by atoms with Gasteiger partial charge in [-0.25, -0.2) is 14.4 Å². The molecule has 2 saturated heterocycles. The Hall–Kier alpha value is -2.91. The molecule has 0 amide bonds. The zero-order valence-electron chi connectivity index (χ0n) is 19.3. The molecule has 0 bridgehead atoms. The van der Waals surface area contributed by atoms with E-state index in [-0.39, 0.29) is 12.2 Å². The quantitative estimate of drug-likeness (QED) is 0.387. The number of fused-ring (bicyclic) bond motifs is 2. The number of ether oxygens (including phenoxy) is 5. The van der Waals surface area contributed by atoms with E-state index in [9.17, 15) is 14.4 Å². The van der Waals surface area contributed by atoms with Gasteiger partial charge in [0.2, 0.25) is 0 Å².